The third kappa shape index (κ3) is 3.13. The van der Waals surface area contributed by atoms with Gasteiger partial charge in [0.2, 0.25) is 5.82 Å². The molecule has 9 nitrogen and oxygen atoms in total. The van der Waals surface area contributed by atoms with E-state index in [2.05, 4.69) is 35.3 Å². The highest BCUT2D eigenvalue weighted by Crippen LogP contribution is 2.14. The van der Waals surface area contributed by atoms with Crippen molar-refractivity contribution in [3.05, 3.63) is 73.3 Å². The molecule has 0 atom stereocenters. The number of rotatable bonds is 4. The summed E-state index contributed by atoms with van der Waals surface area (Å²) in [4.78, 5) is 33.3. The molecule has 9 heteroatoms. The normalized spacial score (nSPS) is 10.5. The Morgan fingerprint density at radius 2 is 1.92 bits per heavy atom. The predicted octanol–water partition coefficient (Wildman–Crippen LogP) is 1.77. The van der Waals surface area contributed by atoms with Gasteiger partial charge < -0.3 is 5.32 Å². The average molecular weight is 344 g/mol. The second-order valence-corrected chi connectivity index (χ2v) is 5.14. The number of hydrogen-bond donors (Lipinski definition) is 1. The number of aromatic nitrogens is 7. The molecule has 0 saturated carbocycles. The van der Waals surface area contributed by atoms with Crippen molar-refractivity contribution in [2.45, 2.75) is 0 Å². The minimum Gasteiger partial charge on any atom is -0.304 e. The number of pyridine rings is 2. The molecule has 0 aliphatic rings. The van der Waals surface area contributed by atoms with Crippen LogP contribution in [0.1, 0.15) is 10.6 Å². The Kier molecular flexibility index (Phi) is 4.09. The number of hydrogen-bond acceptors (Lipinski definition) is 7. The van der Waals surface area contributed by atoms with E-state index in [1.165, 1.54) is 11.0 Å². The van der Waals surface area contributed by atoms with Gasteiger partial charge in [-0.15, -0.1) is 0 Å². The molecule has 4 aromatic heterocycles. The topological polar surface area (TPSA) is 111 Å². The number of anilines is 1. The van der Waals surface area contributed by atoms with Gasteiger partial charge in [0.1, 0.15) is 17.8 Å². The van der Waals surface area contributed by atoms with E-state index in [1.807, 2.05) is 6.07 Å². The van der Waals surface area contributed by atoms with E-state index in [4.69, 9.17) is 0 Å². The van der Waals surface area contributed by atoms with Crippen molar-refractivity contribution in [2.75, 3.05) is 5.32 Å². The van der Waals surface area contributed by atoms with Crippen LogP contribution >= 0.6 is 0 Å². The molecule has 0 saturated heterocycles. The summed E-state index contributed by atoms with van der Waals surface area (Å²) in [6.45, 7) is 0. The molecule has 0 fully saturated rings. The van der Waals surface area contributed by atoms with E-state index < -0.39 is 5.91 Å². The summed E-state index contributed by atoms with van der Waals surface area (Å²) < 4.78 is 1.41. The molecule has 4 heterocycles. The molecule has 0 aromatic carbocycles. The van der Waals surface area contributed by atoms with Crippen LogP contribution < -0.4 is 5.32 Å². The van der Waals surface area contributed by atoms with Gasteiger partial charge in [0, 0.05) is 18.6 Å². The summed E-state index contributed by atoms with van der Waals surface area (Å²) in [6.07, 6.45) is 7.75. The van der Waals surface area contributed by atoms with Gasteiger partial charge in [-0.3, -0.25) is 14.8 Å². The third-order valence-corrected chi connectivity index (χ3v) is 3.43. The molecule has 1 amide bonds. The van der Waals surface area contributed by atoms with Crippen LogP contribution in [0.4, 0.5) is 5.82 Å². The summed E-state index contributed by atoms with van der Waals surface area (Å²) in [5.41, 5.74) is 1.24. The molecule has 0 unspecified atom stereocenters. The summed E-state index contributed by atoms with van der Waals surface area (Å²) >= 11 is 0. The average Bonchev–Trinajstić information content (AvgIpc) is 3.20. The van der Waals surface area contributed by atoms with E-state index in [0.29, 0.717) is 23.0 Å². The molecule has 4 rings (SSSR count). The monoisotopic (exact) mass is 344 g/mol. The summed E-state index contributed by atoms with van der Waals surface area (Å²) in [5, 5.41) is 6.78. The Morgan fingerprint density at radius 1 is 0.962 bits per heavy atom. The molecule has 26 heavy (non-hydrogen) atoms. The van der Waals surface area contributed by atoms with Crippen LogP contribution in [0.25, 0.3) is 17.2 Å². The maximum Gasteiger partial charge on any atom is 0.294 e. The Bertz CT molecular complexity index is 1030. The first kappa shape index (κ1) is 15.5. The number of carbonyl (C=O) groups excluding carboxylic acids is 1. The van der Waals surface area contributed by atoms with E-state index in [9.17, 15) is 4.79 Å². The molecular weight excluding hydrogens is 332 g/mol. The SMILES string of the molecule is O=C(Nc1ccnc(-c2ccccn2)n1)c1ncnn1-c1cccnc1. The van der Waals surface area contributed by atoms with Crippen LogP contribution in [-0.4, -0.2) is 40.6 Å². The Balaban J connectivity index is 1.60. The van der Waals surface area contributed by atoms with Gasteiger partial charge in [0.05, 0.1) is 11.9 Å². The van der Waals surface area contributed by atoms with Crippen LogP contribution in [-0.2, 0) is 0 Å². The standard InChI is InChI=1S/C17H12N8O/c26-17(16-21-11-22-25(16)12-4-3-7-18-10-12)24-14-6-9-20-15(23-14)13-5-1-2-8-19-13/h1-11H,(H,20,23,24,26). The van der Waals surface area contributed by atoms with Crippen molar-refractivity contribution in [3.63, 3.8) is 0 Å². The first-order chi connectivity index (χ1) is 12.8. The van der Waals surface area contributed by atoms with E-state index >= 15 is 0 Å². The summed E-state index contributed by atoms with van der Waals surface area (Å²) in [6, 6.07) is 10.6. The van der Waals surface area contributed by atoms with E-state index in [0.717, 1.165) is 0 Å². The lowest BCUT2D eigenvalue weighted by Crippen LogP contribution is -2.19. The minimum absolute atomic E-state index is 0.121. The fourth-order valence-corrected chi connectivity index (χ4v) is 2.28. The van der Waals surface area contributed by atoms with Crippen LogP contribution in [0.3, 0.4) is 0 Å². The van der Waals surface area contributed by atoms with Crippen LogP contribution in [0.15, 0.2) is 67.5 Å². The predicted molar refractivity (Wildman–Crippen MR) is 92.4 cm³/mol. The molecule has 126 valence electrons. The highest BCUT2D eigenvalue weighted by molar-refractivity contribution is 6.01. The molecular formula is C17H12N8O. The van der Waals surface area contributed by atoms with E-state index in [1.54, 1.807) is 55.1 Å². The Hall–Kier alpha value is -4.01. The zero-order valence-electron chi connectivity index (χ0n) is 13.4. The highest BCUT2D eigenvalue weighted by Gasteiger charge is 2.16. The van der Waals surface area contributed by atoms with Crippen molar-refractivity contribution >= 4 is 11.7 Å². The van der Waals surface area contributed by atoms with Gasteiger partial charge in [-0.25, -0.2) is 19.6 Å². The Morgan fingerprint density at radius 3 is 2.73 bits per heavy atom. The molecule has 1 N–H and O–H groups in total. The fraction of sp³-hybridized carbons (Fsp3) is 0. The molecule has 0 aliphatic carbocycles. The van der Waals surface area contributed by atoms with Gasteiger partial charge in [-0.2, -0.15) is 5.10 Å². The van der Waals surface area contributed by atoms with Crippen molar-refractivity contribution < 1.29 is 4.79 Å². The number of nitrogens with one attached hydrogen (secondary N) is 1. The van der Waals surface area contributed by atoms with Crippen molar-refractivity contribution in [1.29, 1.82) is 0 Å². The Labute approximate surface area is 147 Å². The van der Waals surface area contributed by atoms with Crippen molar-refractivity contribution in [3.8, 4) is 17.2 Å². The first-order valence-electron chi connectivity index (χ1n) is 7.67. The molecule has 0 spiro atoms. The zero-order chi connectivity index (χ0) is 17.8. The largest absolute Gasteiger partial charge is 0.304 e. The second-order valence-electron chi connectivity index (χ2n) is 5.14. The smallest absolute Gasteiger partial charge is 0.294 e. The molecule has 0 aliphatic heterocycles. The van der Waals surface area contributed by atoms with Gasteiger partial charge in [0.15, 0.2) is 5.82 Å². The number of carbonyl (C=O) groups is 1. The molecule has 0 radical (unpaired) electrons. The zero-order valence-corrected chi connectivity index (χ0v) is 13.4. The number of amides is 1. The molecule has 0 bridgehead atoms. The fourth-order valence-electron chi connectivity index (χ4n) is 2.28. The van der Waals surface area contributed by atoms with Gasteiger partial charge in [0.25, 0.3) is 5.91 Å². The van der Waals surface area contributed by atoms with Gasteiger partial charge >= 0.3 is 0 Å². The third-order valence-electron chi connectivity index (χ3n) is 3.43. The van der Waals surface area contributed by atoms with Gasteiger partial charge in [-0.05, 0) is 30.3 Å². The van der Waals surface area contributed by atoms with Crippen molar-refractivity contribution in [2.24, 2.45) is 0 Å². The van der Waals surface area contributed by atoms with Gasteiger partial charge in [-0.1, -0.05) is 6.07 Å². The maximum atomic E-state index is 12.6. The quantitative estimate of drug-likeness (QED) is 0.600. The van der Waals surface area contributed by atoms with Crippen LogP contribution in [0.5, 0.6) is 0 Å². The highest BCUT2D eigenvalue weighted by atomic mass is 16.2. The van der Waals surface area contributed by atoms with Crippen molar-refractivity contribution in [1.82, 2.24) is 34.7 Å². The second kappa shape index (κ2) is 6.85. The minimum atomic E-state index is -0.447. The maximum absolute atomic E-state index is 12.6. The number of nitrogens with zero attached hydrogens (tertiary/aromatic N) is 7. The summed E-state index contributed by atoms with van der Waals surface area (Å²) in [7, 11) is 0. The van der Waals surface area contributed by atoms with Crippen LogP contribution in [0, 0.1) is 0 Å². The summed E-state index contributed by atoms with van der Waals surface area (Å²) in [5.74, 6) is 0.427. The molecule has 4 aromatic rings. The van der Waals surface area contributed by atoms with E-state index in [-0.39, 0.29) is 5.82 Å². The lowest BCUT2D eigenvalue weighted by Gasteiger charge is -2.07. The lowest BCUT2D eigenvalue weighted by molar-refractivity contribution is 0.101. The first-order valence-corrected chi connectivity index (χ1v) is 7.67. The lowest BCUT2D eigenvalue weighted by atomic mass is 10.3. The van der Waals surface area contributed by atoms with Crippen LogP contribution in [0.2, 0.25) is 0 Å².